The van der Waals surface area contributed by atoms with Crippen LogP contribution in [0.2, 0.25) is 0 Å². The third kappa shape index (κ3) is 3.93. The lowest BCUT2D eigenvalue weighted by molar-refractivity contribution is -0.129. The summed E-state index contributed by atoms with van der Waals surface area (Å²) in [5.74, 6) is -0.245. The maximum absolute atomic E-state index is 10.4. The van der Waals surface area contributed by atoms with E-state index >= 15 is 0 Å². The molecule has 0 aromatic carbocycles. The van der Waals surface area contributed by atoms with Crippen molar-refractivity contribution in [1.82, 2.24) is 5.48 Å². The fourth-order valence-corrected chi connectivity index (χ4v) is 0.445. The smallest absolute Gasteiger partial charge is 0.243 e. The van der Waals surface area contributed by atoms with Crippen LogP contribution in [-0.2, 0) is 4.79 Å². The number of rotatable bonds is 3. The third-order valence-corrected chi connectivity index (χ3v) is 1.06. The van der Waals surface area contributed by atoms with Gasteiger partial charge in [-0.3, -0.25) is 10.0 Å². The van der Waals surface area contributed by atoms with Crippen LogP contribution >= 0.6 is 0 Å². The molecule has 1 unspecified atom stereocenters. The molecule has 4 heteroatoms. The van der Waals surface area contributed by atoms with Gasteiger partial charge in [-0.2, -0.15) is 0 Å². The number of hydroxylamine groups is 1. The Hall–Kier alpha value is -0.610. The normalized spacial score (nSPS) is 12.8. The van der Waals surface area contributed by atoms with E-state index in [2.05, 4.69) is 0 Å². The highest BCUT2D eigenvalue weighted by atomic mass is 16.5. The zero-order valence-electron chi connectivity index (χ0n) is 5.42. The van der Waals surface area contributed by atoms with Crippen LogP contribution in [-0.4, -0.2) is 17.7 Å². The molecule has 9 heavy (non-hydrogen) atoms. The molecular weight excluding hydrogens is 120 g/mol. The molecule has 4 nitrogen and oxygen atoms in total. The third-order valence-electron chi connectivity index (χ3n) is 1.06. The molecule has 0 fully saturated rings. The van der Waals surface area contributed by atoms with Crippen molar-refractivity contribution in [2.24, 2.45) is 11.7 Å². The molecule has 0 aliphatic carbocycles. The zero-order valence-corrected chi connectivity index (χ0v) is 5.42. The van der Waals surface area contributed by atoms with Gasteiger partial charge in [-0.15, -0.1) is 0 Å². The number of amides is 1. The van der Waals surface area contributed by atoms with Gasteiger partial charge in [-0.05, 0) is 12.5 Å². The van der Waals surface area contributed by atoms with Crippen molar-refractivity contribution < 1.29 is 10.0 Å². The molecule has 0 bridgehead atoms. The number of nitrogens with one attached hydrogen (secondary N) is 1. The molecule has 0 saturated carbocycles. The van der Waals surface area contributed by atoms with Gasteiger partial charge in [0.2, 0.25) is 5.91 Å². The van der Waals surface area contributed by atoms with Crippen LogP contribution in [0.1, 0.15) is 13.3 Å². The summed E-state index contributed by atoms with van der Waals surface area (Å²) in [6.07, 6.45) is 0.285. The van der Waals surface area contributed by atoms with Crippen molar-refractivity contribution in [3.05, 3.63) is 0 Å². The van der Waals surface area contributed by atoms with Gasteiger partial charge in [0.1, 0.15) is 0 Å². The Bertz CT molecular complexity index is 95.0. The van der Waals surface area contributed by atoms with Crippen LogP contribution in [0.4, 0.5) is 0 Å². The highest BCUT2D eigenvalue weighted by Crippen LogP contribution is 1.96. The van der Waals surface area contributed by atoms with Crippen LogP contribution < -0.4 is 11.2 Å². The van der Waals surface area contributed by atoms with Gasteiger partial charge >= 0.3 is 0 Å². The van der Waals surface area contributed by atoms with Gasteiger partial charge in [0, 0.05) is 6.42 Å². The second-order valence-electron chi connectivity index (χ2n) is 2.08. The maximum atomic E-state index is 10.4. The highest BCUT2D eigenvalue weighted by molar-refractivity contribution is 5.74. The Balaban J connectivity index is 3.34. The van der Waals surface area contributed by atoms with Crippen LogP contribution in [0.25, 0.3) is 0 Å². The Kier molecular flexibility index (Phi) is 4.00. The topological polar surface area (TPSA) is 75.4 Å². The molecule has 1 amide bonds. The van der Waals surface area contributed by atoms with Crippen molar-refractivity contribution in [2.45, 2.75) is 13.3 Å². The minimum absolute atomic E-state index is 0.136. The van der Waals surface area contributed by atoms with E-state index in [1.807, 2.05) is 6.92 Å². The van der Waals surface area contributed by atoms with Gasteiger partial charge in [0.25, 0.3) is 0 Å². The number of carbonyl (C=O) groups excluding carboxylic acids is 1. The van der Waals surface area contributed by atoms with Gasteiger partial charge < -0.3 is 5.73 Å². The summed E-state index contributed by atoms with van der Waals surface area (Å²) < 4.78 is 0. The van der Waals surface area contributed by atoms with E-state index < -0.39 is 0 Å². The van der Waals surface area contributed by atoms with Crippen molar-refractivity contribution in [1.29, 1.82) is 0 Å². The predicted molar refractivity (Wildman–Crippen MR) is 32.8 cm³/mol. The molecule has 0 aromatic heterocycles. The lowest BCUT2D eigenvalue weighted by Gasteiger charge is -2.04. The minimum Gasteiger partial charge on any atom is -0.330 e. The van der Waals surface area contributed by atoms with E-state index in [1.54, 1.807) is 0 Å². The van der Waals surface area contributed by atoms with E-state index in [4.69, 9.17) is 10.9 Å². The lowest BCUT2D eigenvalue weighted by Crippen LogP contribution is -2.23. The maximum Gasteiger partial charge on any atom is 0.243 e. The van der Waals surface area contributed by atoms with E-state index in [9.17, 15) is 4.79 Å². The van der Waals surface area contributed by atoms with E-state index in [0.29, 0.717) is 6.54 Å². The number of nitrogens with two attached hydrogens (primary N) is 1. The summed E-state index contributed by atoms with van der Waals surface area (Å²) in [5.41, 5.74) is 6.75. The van der Waals surface area contributed by atoms with Crippen molar-refractivity contribution in [2.75, 3.05) is 6.54 Å². The summed E-state index contributed by atoms with van der Waals surface area (Å²) in [5, 5.41) is 8.04. The van der Waals surface area contributed by atoms with Crippen LogP contribution in [0.3, 0.4) is 0 Å². The summed E-state index contributed by atoms with van der Waals surface area (Å²) in [4.78, 5) is 10.4. The fraction of sp³-hybridized carbons (Fsp3) is 0.800. The van der Waals surface area contributed by atoms with Crippen LogP contribution in [0.5, 0.6) is 0 Å². The van der Waals surface area contributed by atoms with E-state index in [-0.39, 0.29) is 18.2 Å². The molecule has 0 radical (unpaired) electrons. The Labute approximate surface area is 54.0 Å². The van der Waals surface area contributed by atoms with Gasteiger partial charge in [-0.25, -0.2) is 5.48 Å². The first kappa shape index (κ1) is 8.39. The molecule has 54 valence electrons. The predicted octanol–water partition coefficient (Wildman–Crippen LogP) is -0.523. The second-order valence-corrected chi connectivity index (χ2v) is 2.08. The second kappa shape index (κ2) is 4.29. The first-order valence-corrected chi connectivity index (χ1v) is 2.83. The standard InChI is InChI=1S/C5H12N2O2/c1-4(3-6)2-5(8)7-9/h4,9H,2-3,6H2,1H3,(H,7,8). The molecule has 0 heterocycles. The Morgan fingerprint density at radius 3 is 2.78 bits per heavy atom. The minimum atomic E-state index is -0.382. The molecule has 4 N–H and O–H groups in total. The number of hydrogen-bond donors (Lipinski definition) is 3. The summed E-state index contributed by atoms with van der Waals surface area (Å²) in [6, 6.07) is 0. The first-order valence-electron chi connectivity index (χ1n) is 2.83. The Morgan fingerprint density at radius 2 is 2.44 bits per heavy atom. The monoisotopic (exact) mass is 132 g/mol. The summed E-state index contributed by atoms with van der Waals surface area (Å²) in [6.45, 7) is 2.31. The molecular formula is C5H12N2O2. The van der Waals surface area contributed by atoms with E-state index in [1.165, 1.54) is 5.48 Å². The van der Waals surface area contributed by atoms with Gasteiger partial charge in [0.05, 0.1) is 0 Å². The molecule has 0 aromatic rings. The fourth-order valence-electron chi connectivity index (χ4n) is 0.445. The molecule has 0 aliphatic heterocycles. The molecule has 0 spiro atoms. The average Bonchev–Trinajstić information content (AvgIpc) is 1.87. The van der Waals surface area contributed by atoms with Gasteiger partial charge in [0.15, 0.2) is 0 Å². The molecule has 1 atom stereocenters. The first-order chi connectivity index (χ1) is 4.20. The molecule has 0 rings (SSSR count). The average molecular weight is 132 g/mol. The summed E-state index contributed by atoms with van der Waals surface area (Å²) in [7, 11) is 0. The van der Waals surface area contributed by atoms with Crippen molar-refractivity contribution in [3.63, 3.8) is 0 Å². The highest BCUT2D eigenvalue weighted by Gasteiger charge is 2.04. The van der Waals surface area contributed by atoms with Gasteiger partial charge in [-0.1, -0.05) is 6.92 Å². The van der Waals surface area contributed by atoms with Crippen molar-refractivity contribution in [3.8, 4) is 0 Å². The zero-order chi connectivity index (χ0) is 7.28. The molecule has 0 saturated heterocycles. The number of hydrogen-bond acceptors (Lipinski definition) is 3. The largest absolute Gasteiger partial charge is 0.330 e. The molecule has 0 aliphatic rings. The quantitative estimate of drug-likeness (QED) is 0.357. The van der Waals surface area contributed by atoms with E-state index in [0.717, 1.165) is 0 Å². The Morgan fingerprint density at radius 1 is 1.89 bits per heavy atom. The van der Waals surface area contributed by atoms with Crippen molar-refractivity contribution >= 4 is 5.91 Å². The number of carbonyl (C=O) groups is 1. The van der Waals surface area contributed by atoms with Crippen LogP contribution in [0.15, 0.2) is 0 Å². The summed E-state index contributed by atoms with van der Waals surface area (Å²) >= 11 is 0. The van der Waals surface area contributed by atoms with Crippen LogP contribution in [0, 0.1) is 5.92 Å². The SMILES string of the molecule is CC(CN)CC(=O)NO. The lowest BCUT2D eigenvalue weighted by atomic mass is 10.1.